The number of aromatic nitrogens is 2. The lowest BCUT2D eigenvalue weighted by Crippen LogP contribution is -2.18. The summed E-state index contributed by atoms with van der Waals surface area (Å²) in [7, 11) is 0. The third kappa shape index (κ3) is 5.92. The van der Waals surface area contributed by atoms with Crippen molar-refractivity contribution < 1.29 is 14.5 Å². The molecule has 0 fully saturated rings. The number of benzene rings is 3. The number of rotatable bonds is 9. The lowest BCUT2D eigenvalue weighted by molar-refractivity contribution is -0.384. The predicted octanol–water partition coefficient (Wildman–Crippen LogP) is 4.37. The Morgan fingerprint density at radius 1 is 1.06 bits per heavy atom. The molecule has 0 aliphatic heterocycles. The van der Waals surface area contributed by atoms with Crippen molar-refractivity contribution in [1.82, 2.24) is 15.6 Å². The molecule has 1 heterocycles. The van der Waals surface area contributed by atoms with Gasteiger partial charge in [-0.15, -0.1) is 0 Å². The second-order valence-electron chi connectivity index (χ2n) is 7.33. The van der Waals surface area contributed by atoms with Gasteiger partial charge >= 0.3 is 0 Å². The maximum Gasteiger partial charge on any atom is 0.289 e. The summed E-state index contributed by atoms with van der Waals surface area (Å²) >= 11 is 0. The van der Waals surface area contributed by atoms with Crippen LogP contribution >= 0.6 is 0 Å². The smallest absolute Gasteiger partial charge is 0.289 e. The Balaban J connectivity index is 1.31. The van der Waals surface area contributed by atoms with E-state index in [1.807, 2.05) is 42.5 Å². The topological polar surface area (TPSA) is 123 Å². The van der Waals surface area contributed by atoms with Crippen LogP contribution in [0.3, 0.4) is 0 Å². The summed E-state index contributed by atoms with van der Waals surface area (Å²) in [5.41, 5.74) is 5.69. The number of carbonyl (C=O) groups excluding carboxylic acids is 1. The average molecular weight is 455 g/mol. The molecule has 9 heteroatoms. The van der Waals surface area contributed by atoms with Crippen LogP contribution in [0.15, 0.2) is 90.0 Å². The zero-order chi connectivity index (χ0) is 23.8. The molecular formula is C25H21N5O4. The van der Waals surface area contributed by atoms with Crippen molar-refractivity contribution in [3.63, 3.8) is 0 Å². The highest BCUT2D eigenvalue weighted by atomic mass is 16.6. The van der Waals surface area contributed by atoms with Gasteiger partial charge in [-0.1, -0.05) is 42.5 Å². The first-order valence-electron chi connectivity index (χ1n) is 10.5. The number of aromatic amines is 1. The number of hydrogen-bond acceptors (Lipinski definition) is 6. The standard InChI is InChI=1S/C25H21N5O4/c31-25(29-26-17-19-7-4-8-21(15-19)30(32)33)24-16-23(27-28-24)20-9-11-22(12-10-20)34-14-13-18-5-2-1-3-6-18/h1-12,15-17H,13-14H2,(H,27,28)(H,29,31)/b26-17-. The second-order valence-corrected chi connectivity index (χ2v) is 7.33. The van der Waals surface area contributed by atoms with Crippen LogP contribution in [-0.2, 0) is 6.42 Å². The van der Waals surface area contributed by atoms with Crippen molar-refractivity contribution in [3.05, 3.63) is 112 Å². The summed E-state index contributed by atoms with van der Waals surface area (Å²) in [6.45, 7) is 0.576. The molecule has 0 aliphatic carbocycles. The van der Waals surface area contributed by atoms with Gasteiger partial charge in [0.05, 0.1) is 23.4 Å². The van der Waals surface area contributed by atoms with Gasteiger partial charge in [-0.2, -0.15) is 10.2 Å². The van der Waals surface area contributed by atoms with Crippen LogP contribution in [0.5, 0.6) is 5.75 Å². The van der Waals surface area contributed by atoms with Gasteiger partial charge in [-0.3, -0.25) is 20.0 Å². The summed E-state index contributed by atoms with van der Waals surface area (Å²) in [6, 6.07) is 25.1. The maximum atomic E-state index is 12.3. The van der Waals surface area contributed by atoms with Gasteiger partial charge in [0, 0.05) is 29.7 Å². The molecule has 0 bridgehead atoms. The van der Waals surface area contributed by atoms with E-state index >= 15 is 0 Å². The van der Waals surface area contributed by atoms with Gasteiger partial charge in [0.15, 0.2) is 0 Å². The predicted molar refractivity (Wildman–Crippen MR) is 128 cm³/mol. The largest absolute Gasteiger partial charge is 0.493 e. The molecule has 4 rings (SSSR count). The van der Waals surface area contributed by atoms with Crippen molar-refractivity contribution in [2.75, 3.05) is 6.61 Å². The number of hydrazone groups is 1. The molecule has 9 nitrogen and oxygen atoms in total. The van der Waals surface area contributed by atoms with E-state index in [4.69, 9.17) is 4.74 Å². The fraction of sp³-hybridized carbons (Fsp3) is 0.0800. The average Bonchev–Trinajstić information content (AvgIpc) is 3.36. The molecule has 0 spiro atoms. The molecule has 4 aromatic rings. The quantitative estimate of drug-likeness (QED) is 0.220. The molecule has 3 aromatic carbocycles. The van der Waals surface area contributed by atoms with Gasteiger partial charge in [-0.25, -0.2) is 5.43 Å². The van der Waals surface area contributed by atoms with Crippen molar-refractivity contribution >= 4 is 17.8 Å². The van der Waals surface area contributed by atoms with Crippen LogP contribution in [0.4, 0.5) is 5.69 Å². The minimum atomic E-state index is -0.495. The maximum absolute atomic E-state index is 12.3. The van der Waals surface area contributed by atoms with Crippen LogP contribution in [0.2, 0.25) is 0 Å². The van der Waals surface area contributed by atoms with E-state index in [9.17, 15) is 14.9 Å². The third-order valence-corrected chi connectivity index (χ3v) is 4.94. The molecule has 0 radical (unpaired) electrons. The molecule has 0 unspecified atom stereocenters. The minimum Gasteiger partial charge on any atom is -0.493 e. The molecule has 1 aromatic heterocycles. The number of hydrogen-bond donors (Lipinski definition) is 2. The first kappa shape index (κ1) is 22.4. The Labute approximate surface area is 195 Å². The summed E-state index contributed by atoms with van der Waals surface area (Å²) < 4.78 is 5.80. The van der Waals surface area contributed by atoms with Crippen molar-refractivity contribution in [3.8, 4) is 17.0 Å². The number of nitro benzene ring substituents is 1. The van der Waals surface area contributed by atoms with Crippen LogP contribution < -0.4 is 10.2 Å². The van der Waals surface area contributed by atoms with E-state index in [1.165, 1.54) is 23.9 Å². The Morgan fingerprint density at radius 3 is 2.62 bits per heavy atom. The van der Waals surface area contributed by atoms with Gasteiger partial charge in [0.1, 0.15) is 11.4 Å². The van der Waals surface area contributed by atoms with Crippen LogP contribution in [0, 0.1) is 10.1 Å². The van der Waals surface area contributed by atoms with E-state index in [-0.39, 0.29) is 11.4 Å². The minimum absolute atomic E-state index is 0.0545. The molecule has 34 heavy (non-hydrogen) atoms. The fourth-order valence-corrected chi connectivity index (χ4v) is 3.18. The van der Waals surface area contributed by atoms with Gasteiger partial charge in [0.25, 0.3) is 11.6 Å². The van der Waals surface area contributed by atoms with Gasteiger partial charge in [0.2, 0.25) is 0 Å². The third-order valence-electron chi connectivity index (χ3n) is 4.94. The number of H-pyrrole nitrogens is 1. The van der Waals surface area contributed by atoms with E-state index in [2.05, 4.69) is 32.9 Å². The molecule has 0 atom stereocenters. The summed E-state index contributed by atoms with van der Waals surface area (Å²) in [5, 5.41) is 21.6. The zero-order valence-electron chi connectivity index (χ0n) is 18.0. The number of non-ortho nitro benzene ring substituents is 1. The van der Waals surface area contributed by atoms with Gasteiger partial charge < -0.3 is 4.74 Å². The van der Waals surface area contributed by atoms with Crippen LogP contribution in [-0.4, -0.2) is 33.8 Å². The van der Waals surface area contributed by atoms with Gasteiger partial charge in [-0.05, 0) is 35.9 Å². The number of carbonyl (C=O) groups is 1. The lowest BCUT2D eigenvalue weighted by atomic mass is 10.1. The molecular weight excluding hydrogens is 434 g/mol. The summed E-state index contributed by atoms with van der Waals surface area (Å²) in [5.74, 6) is 0.268. The number of nitrogens with zero attached hydrogens (tertiary/aromatic N) is 3. The van der Waals surface area contributed by atoms with E-state index in [0.29, 0.717) is 17.9 Å². The first-order valence-corrected chi connectivity index (χ1v) is 10.5. The number of amides is 1. The zero-order valence-corrected chi connectivity index (χ0v) is 18.0. The van der Waals surface area contributed by atoms with Crippen LogP contribution in [0.25, 0.3) is 11.3 Å². The highest BCUT2D eigenvalue weighted by Crippen LogP contribution is 2.21. The van der Waals surface area contributed by atoms with E-state index < -0.39 is 10.8 Å². The second kappa shape index (κ2) is 10.7. The SMILES string of the molecule is O=C(N/N=C\c1cccc([N+](=O)[O-])c1)c1cc(-c2ccc(OCCc3ccccc3)cc2)n[nH]1. The Morgan fingerprint density at radius 2 is 1.85 bits per heavy atom. The summed E-state index contributed by atoms with van der Waals surface area (Å²) in [6.07, 6.45) is 2.16. The van der Waals surface area contributed by atoms with Crippen molar-refractivity contribution in [2.45, 2.75) is 6.42 Å². The first-order chi connectivity index (χ1) is 16.6. The highest BCUT2D eigenvalue weighted by molar-refractivity contribution is 5.94. The highest BCUT2D eigenvalue weighted by Gasteiger charge is 2.11. The normalized spacial score (nSPS) is 10.8. The molecule has 170 valence electrons. The van der Waals surface area contributed by atoms with Crippen molar-refractivity contribution in [1.29, 1.82) is 0 Å². The molecule has 0 saturated carbocycles. The Bertz CT molecular complexity index is 1300. The monoisotopic (exact) mass is 455 g/mol. The Hall–Kier alpha value is -4.79. The van der Waals surface area contributed by atoms with E-state index in [1.54, 1.807) is 18.2 Å². The molecule has 0 aliphatic rings. The van der Waals surface area contributed by atoms with Crippen molar-refractivity contribution in [2.24, 2.45) is 5.10 Å². The van der Waals surface area contributed by atoms with E-state index in [0.717, 1.165) is 17.7 Å². The fourth-order valence-electron chi connectivity index (χ4n) is 3.18. The lowest BCUT2D eigenvalue weighted by Gasteiger charge is -2.06. The number of nitro groups is 1. The molecule has 0 saturated heterocycles. The molecule has 1 amide bonds. The van der Waals surface area contributed by atoms with Crippen LogP contribution in [0.1, 0.15) is 21.6 Å². The Kier molecular flexibility index (Phi) is 7.04. The number of ether oxygens (including phenoxy) is 1. The number of nitrogens with one attached hydrogen (secondary N) is 2. The molecule has 2 N–H and O–H groups in total. The summed E-state index contributed by atoms with van der Waals surface area (Å²) in [4.78, 5) is 22.7.